The van der Waals surface area contributed by atoms with Crippen LogP contribution >= 0.6 is 0 Å². The van der Waals surface area contributed by atoms with Gasteiger partial charge in [0.05, 0.1) is 12.1 Å². The first-order valence-electron chi connectivity index (χ1n) is 7.16. The fourth-order valence-electron chi connectivity index (χ4n) is 2.94. The van der Waals surface area contributed by atoms with Crippen molar-refractivity contribution in [2.45, 2.75) is 38.1 Å². The quantitative estimate of drug-likeness (QED) is 0.910. The lowest BCUT2D eigenvalue weighted by atomic mass is 9.82. The van der Waals surface area contributed by atoms with Gasteiger partial charge in [-0.2, -0.15) is 0 Å². The Kier molecular flexibility index (Phi) is 4.16. The van der Waals surface area contributed by atoms with Crippen LogP contribution in [0.3, 0.4) is 0 Å². The van der Waals surface area contributed by atoms with Gasteiger partial charge in [0.25, 0.3) is 0 Å². The lowest BCUT2D eigenvalue weighted by Gasteiger charge is -2.39. The van der Waals surface area contributed by atoms with Crippen molar-refractivity contribution in [3.8, 4) is 5.75 Å². The van der Waals surface area contributed by atoms with E-state index in [9.17, 15) is 0 Å². The van der Waals surface area contributed by atoms with Crippen LogP contribution in [0.2, 0.25) is 0 Å². The van der Waals surface area contributed by atoms with Crippen molar-refractivity contribution in [2.75, 3.05) is 27.2 Å². The first kappa shape index (κ1) is 14.4. The van der Waals surface area contributed by atoms with Gasteiger partial charge in [-0.05, 0) is 50.6 Å². The van der Waals surface area contributed by atoms with Gasteiger partial charge < -0.3 is 10.5 Å². The van der Waals surface area contributed by atoms with Crippen LogP contribution in [0.4, 0.5) is 0 Å². The van der Waals surface area contributed by atoms with E-state index < -0.39 is 0 Å². The van der Waals surface area contributed by atoms with E-state index in [0.717, 1.165) is 25.2 Å². The second kappa shape index (κ2) is 5.51. The molecule has 1 aromatic rings. The Hall–Kier alpha value is -1.06. The van der Waals surface area contributed by atoms with Gasteiger partial charge >= 0.3 is 0 Å². The summed E-state index contributed by atoms with van der Waals surface area (Å²) in [7, 11) is 4.23. The Labute approximate surface area is 116 Å². The fraction of sp³-hybridized carbons (Fsp3) is 0.625. The molecule has 0 saturated carbocycles. The van der Waals surface area contributed by atoms with Gasteiger partial charge in [-0.25, -0.2) is 0 Å². The molecule has 1 aromatic carbocycles. The average Bonchev–Trinajstić information content (AvgIpc) is 2.57. The fourth-order valence-corrected chi connectivity index (χ4v) is 2.94. The van der Waals surface area contributed by atoms with Crippen LogP contribution < -0.4 is 10.5 Å². The second-order valence-corrected chi connectivity index (χ2v) is 5.99. The van der Waals surface area contributed by atoms with Crippen LogP contribution in [0.15, 0.2) is 18.2 Å². The molecule has 1 aliphatic rings. The predicted octanol–water partition coefficient (Wildman–Crippen LogP) is 2.70. The number of fused-ring (bicyclic) bond motifs is 1. The van der Waals surface area contributed by atoms with Crippen molar-refractivity contribution in [3.63, 3.8) is 0 Å². The summed E-state index contributed by atoms with van der Waals surface area (Å²) in [6.07, 6.45) is 2.09. The van der Waals surface area contributed by atoms with Gasteiger partial charge in [-0.1, -0.05) is 19.9 Å². The van der Waals surface area contributed by atoms with Crippen LogP contribution in [0, 0.1) is 0 Å². The Bertz CT molecular complexity index is 442. The van der Waals surface area contributed by atoms with Gasteiger partial charge in [0, 0.05) is 12.1 Å². The molecule has 0 saturated heterocycles. The Morgan fingerprint density at radius 1 is 1.37 bits per heavy atom. The van der Waals surface area contributed by atoms with Gasteiger partial charge in [-0.15, -0.1) is 0 Å². The van der Waals surface area contributed by atoms with Crippen LogP contribution in [0.1, 0.15) is 43.7 Å². The summed E-state index contributed by atoms with van der Waals surface area (Å²) in [6.45, 7) is 5.85. The average molecular weight is 262 g/mol. The zero-order valence-corrected chi connectivity index (χ0v) is 12.6. The monoisotopic (exact) mass is 262 g/mol. The van der Waals surface area contributed by atoms with Crippen LogP contribution in [-0.4, -0.2) is 32.1 Å². The van der Waals surface area contributed by atoms with E-state index in [2.05, 4.69) is 51.0 Å². The maximum Gasteiger partial charge on any atom is 0.124 e. The minimum atomic E-state index is -0.100. The summed E-state index contributed by atoms with van der Waals surface area (Å²) in [5.74, 6) is 1.52. The lowest BCUT2D eigenvalue weighted by Crippen LogP contribution is -2.47. The minimum absolute atomic E-state index is 0.100. The molecule has 1 heterocycles. The standard InChI is InChI=1S/C16H26N2O/c1-12(2)13-6-7-15-14(10-13)16(11-17,18(3)4)8-5-9-19-15/h6-7,10,12H,5,8-9,11,17H2,1-4H3. The van der Waals surface area contributed by atoms with Gasteiger partial charge in [0.2, 0.25) is 0 Å². The molecule has 1 aliphatic heterocycles. The number of rotatable bonds is 3. The number of hydrogen-bond donors (Lipinski definition) is 1. The maximum atomic E-state index is 6.15. The summed E-state index contributed by atoms with van der Waals surface area (Å²) < 4.78 is 5.91. The third-order valence-electron chi connectivity index (χ3n) is 4.36. The molecular formula is C16H26N2O. The van der Waals surface area contributed by atoms with E-state index >= 15 is 0 Å². The number of benzene rings is 1. The van der Waals surface area contributed by atoms with Crippen molar-refractivity contribution in [1.29, 1.82) is 0 Å². The summed E-state index contributed by atoms with van der Waals surface area (Å²) in [4.78, 5) is 2.25. The molecule has 19 heavy (non-hydrogen) atoms. The van der Waals surface area contributed by atoms with E-state index in [1.807, 2.05) is 0 Å². The molecule has 0 fully saturated rings. The largest absolute Gasteiger partial charge is 0.493 e. The predicted molar refractivity (Wildman–Crippen MR) is 79.7 cm³/mol. The summed E-state index contributed by atoms with van der Waals surface area (Å²) >= 11 is 0. The Morgan fingerprint density at radius 3 is 2.68 bits per heavy atom. The Balaban J connectivity index is 2.58. The van der Waals surface area contributed by atoms with E-state index in [1.165, 1.54) is 11.1 Å². The second-order valence-electron chi connectivity index (χ2n) is 5.99. The molecule has 3 nitrogen and oxygen atoms in total. The van der Waals surface area contributed by atoms with Crippen molar-refractivity contribution >= 4 is 0 Å². The van der Waals surface area contributed by atoms with Crippen LogP contribution in [-0.2, 0) is 5.54 Å². The highest BCUT2D eigenvalue weighted by Crippen LogP contribution is 2.40. The summed E-state index contributed by atoms with van der Waals surface area (Å²) in [5, 5.41) is 0. The highest BCUT2D eigenvalue weighted by Gasteiger charge is 2.37. The molecule has 0 bridgehead atoms. The number of ether oxygens (including phenoxy) is 1. The molecule has 0 amide bonds. The zero-order valence-electron chi connectivity index (χ0n) is 12.6. The number of likely N-dealkylation sites (N-methyl/N-ethyl adjacent to an activating group) is 1. The molecule has 0 radical (unpaired) electrons. The molecule has 0 aliphatic carbocycles. The molecular weight excluding hydrogens is 236 g/mol. The van der Waals surface area contributed by atoms with Crippen molar-refractivity contribution in [3.05, 3.63) is 29.3 Å². The smallest absolute Gasteiger partial charge is 0.124 e. The molecule has 0 aromatic heterocycles. The van der Waals surface area contributed by atoms with Crippen LogP contribution in [0.25, 0.3) is 0 Å². The van der Waals surface area contributed by atoms with Crippen LogP contribution in [0.5, 0.6) is 5.75 Å². The highest BCUT2D eigenvalue weighted by atomic mass is 16.5. The first-order chi connectivity index (χ1) is 9.01. The number of hydrogen-bond acceptors (Lipinski definition) is 3. The molecule has 106 valence electrons. The van der Waals surface area contributed by atoms with Crippen molar-refractivity contribution in [2.24, 2.45) is 5.73 Å². The molecule has 3 heteroatoms. The molecule has 0 spiro atoms. The van der Waals surface area contributed by atoms with Gasteiger partial charge in [-0.3, -0.25) is 4.90 Å². The maximum absolute atomic E-state index is 6.15. The number of nitrogens with two attached hydrogens (primary N) is 1. The van der Waals surface area contributed by atoms with Crippen molar-refractivity contribution in [1.82, 2.24) is 4.90 Å². The van der Waals surface area contributed by atoms with Gasteiger partial charge in [0.15, 0.2) is 0 Å². The molecule has 1 atom stereocenters. The van der Waals surface area contributed by atoms with E-state index in [4.69, 9.17) is 10.5 Å². The Morgan fingerprint density at radius 2 is 2.11 bits per heavy atom. The third kappa shape index (κ3) is 2.49. The van der Waals surface area contributed by atoms with E-state index in [1.54, 1.807) is 0 Å². The van der Waals surface area contributed by atoms with Gasteiger partial charge in [0.1, 0.15) is 5.75 Å². The van der Waals surface area contributed by atoms with Crippen molar-refractivity contribution < 1.29 is 4.74 Å². The SMILES string of the molecule is CC(C)c1ccc2c(c1)C(CN)(N(C)C)CCCO2. The topological polar surface area (TPSA) is 38.5 Å². The van der Waals surface area contributed by atoms with E-state index in [0.29, 0.717) is 12.5 Å². The summed E-state index contributed by atoms with van der Waals surface area (Å²) in [6, 6.07) is 6.58. The third-order valence-corrected chi connectivity index (χ3v) is 4.36. The minimum Gasteiger partial charge on any atom is -0.493 e. The molecule has 2 rings (SSSR count). The summed E-state index contributed by atoms with van der Waals surface area (Å²) in [5.41, 5.74) is 8.66. The number of nitrogens with zero attached hydrogens (tertiary/aromatic N) is 1. The highest BCUT2D eigenvalue weighted by molar-refractivity contribution is 5.44. The molecule has 1 unspecified atom stereocenters. The first-order valence-corrected chi connectivity index (χ1v) is 7.16. The lowest BCUT2D eigenvalue weighted by molar-refractivity contribution is 0.147. The normalized spacial score (nSPS) is 23.1. The molecule has 2 N–H and O–H groups in total. The van der Waals surface area contributed by atoms with E-state index in [-0.39, 0.29) is 5.54 Å². The zero-order chi connectivity index (χ0) is 14.0.